The van der Waals surface area contributed by atoms with E-state index in [1.165, 1.54) is 30.4 Å². The van der Waals surface area contributed by atoms with Crippen LogP contribution in [-0.2, 0) is 17.6 Å². The van der Waals surface area contributed by atoms with Crippen molar-refractivity contribution in [2.45, 2.75) is 59.3 Å². The summed E-state index contributed by atoms with van der Waals surface area (Å²) in [5.74, 6) is 0.982. The zero-order valence-electron chi connectivity index (χ0n) is 12.7. The van der Waals surface area contributed by atoms with E-state index in [4.69, 9.17) is 9.47 Å². The molecule has 1 aromatic rings. The molecule has 0 aromatic heterocycles. The van der Waals surface area contributed by atoms with E-state index in [0.717, 1.165) is 31.6 Å². The summed E-state index contributed by atoms with van der Waals surface area (Å²) in [5, 5.41) is 0. The van der Waals surface area contributed by atoms with Crippen LogP contribution in [0.4, 0.5) is 0 Å². The summed E-state index contributed by atoms with van der Waals surface area (Å²) in [5.41, 5.74) is 2.70. The highest BCUT2D eigenvalue weighted by atomic mass is 16.7. The van der Waals surface area contributed by atoms with Gasteiger partial charge in [-0.25, -0.2) is 0 Å². The van der Waals surface area contributed by atoms with Crippen molar-refractivity contribution in [3.63, 3.8) is 0 Å². The van der Waals surface area contributed by atoms with E-state index < -0.39 is 0 Å². The van der Waals surface area contributed by atoms with Crippen LogP contribution in [0, 0.1) is 0 Å². The lowest BCUT2D eigenvalue weighted by Crippen LogP contribution is -2.06. The van der Waals surface area contributed by atoms with Gasteiger partial charge in [0.15, 0.2) is 6.79 Å². The number of rotatable bonds is 10. The molecule has 0 fully saturated rings. The quantitative estimate of drug-likeness (QED) is 0.448. The van der Waals surface area contributed by atoms with Crippen molar-refractivity contribution in [3.8, 4) is 5.75 Å². The molecule has 0 aliphatic carbocycles. The third-order valence-electron chi connectivity index (χ3n) is 3.40. The molecule has 0 saturated carbocycles. The second-order valence-corrected chi connectivity index (χ2v) is 4.83. The first kappa shape index (κ1) is 16.0. The van der Waals surface area contributed by atoms with Gasteiger partial charge in [-0.1, -0.05) is 52.2 Å². The molecule has 0 heterocycles. The van der Waals surface area contributed by atoms with Crippen molar-refractivity contribution >= 4 is 0 Å². The Morgan fingerprint density at radius 1 is 0.947 bits per heavy atom. The highest BCUT2D eigenvalue weighted by Crippen LogP contribution is 2.23. The maximum absolute atomic E-state index is 5.75. The van der Waals surface area contributed by atoms with E-state index in [9.17, 15) is 0 Å². The molecule has 0 atom stereocenters. The maximum Gasteiger partial charge on any atom is 0.189 e. The van der Waals surface area contributed by atoms with Crippen molar-refractivity contribution < 1.29 is 9.47 Å². The standard InChI is InChI=1S/C17H28O2/c1-4-7-8-9-13-18-14-19-17-12-10-11-15(5-2)16(17)6-3/h10-12H,4-9,13-14H2,1-3H3. The fraction of sp³-hybridized carbons (Fsp3) is 0.647. The van der Waals surface area contributed by atoms with Crippen LogP contribution in [0.3, 0.4) is 0 Å². The Balaban J connectivity index is 2.33. The molecule has 0 unspecified atom stereocenters. The average molecular weight is 264 g/mol. The average Bonchev–Trinajstić information content (AvgIpc) is 2.45. The molecule has 0 aliphatic rings. The number of ether oxygens (including phenoxy) is 2. The van der Waals surface area contributed by atoms with E-state index in [1.807, 2.05) is 6.07 Å². The van der Waals surface area contributed by atoms with Crippen LogP contribution < -0.4 is 4.74 Å². The Kier molecular flexibility index (Phi) is 8.31. The number of hydrogen-bond acceptors (Lipinski definition) is 2. The van der Waals surface area contributed by atoms with Gasteiger partial charge in [0, 0.05) is 0 Å². The topological polar surface area (TPSA) is 18.5 Å². The molecule has 2 heteroatoms. The van der Waals surface area contributed by atoms with Gasteiger partial charge in [-0.2, -0.15) is 0 Å². The first-order valence-corrected chi connectivity index (χ1v) is 7.64. The molecular weight excluding hydrogens is 236 g/mol. The molecule has 0 bridgehead atoms. The molecule has 2 nitrogen and oxygen atoms in total. The zero-order chi connectivity index (χ0) is 13.9. The summed E-state index contributed by atoms with van der Waals surface area (Å²) in [6.07, 6.45) is 7.01. The maximum atomic E-state index is 5.75. The minimum Gasteiger partial charge on any atom is -0.467 e. The Hall–Kier alpha value is -1.02. The summed E-state index contributed by atoms with van der Waals surface area (Å²) in [6.45, 7) is 7.74. The Morgan fingerprint density at radius 3 is 2.47 bits per heavy atom. The summed E-state index contributed by atoms with van der Waals surface area (Å²) < 4.78 is 11.3. The molecule has 0 spiro atoms. The second kappa shape index (κ2) is 9.85. The van der Waals surface area contributed by atoms with Crippen LogP contribution in [-0.4, -0.2) is 13.4 Å². The third kappa shape index (κ3) is 5.65. The van der Waals surface area contributed by atoms with Gasteiger partial charge < -0.3 is 9.47 Å². The van der Waals surface area contributed by atoms with Gasteiger partial charge in [-0.05, 0) is 36.5 Å². The highest BCUT2D eigenvalue weighted by Gasteiger charge is 2.06. The van der Waals surface area contributed by atoms with Crippen molar-refractivity contribution in [1.82, 2.24) is 0 Å². The predicted molar refractivity (Wildman–Crippen MR) is 80.8 cm³/mol. The summed E-state index contributed by atoms with van der Waals surface area (Å²) in [4.78, 5) is 0. The normalized spacial score (nSPS) is 10.7. The summed E-state index contributed by atoms with van der Waals surface area (Å²) in [7, 11) is 0. The predicted octanol–water partition coefficient (Wildman–Crippen LogP) is 4.74. The SMILES string of the molecule is CCCCCCOCOc1cccc(CC)c1CC. The molecule has 108 valence electrons. The first-order valence-electron chi connectivity index (χ1n) is 7.64. The molecule has 1 aromatic carbocycles. The Labute approximate surface area is 118 Å². The summed E-state index contributed by atoms with van der Waals surface area (Å²) in [6, 6.07) is 6.28. The smallest absolute Gasteiger partial charge is 0.189 e. The highest BCUT2D eigenvalue weighted by molar-refractivity contribution is 5.40. The fourth-order valence-electron chi connectivity index (χ4n) is 2.27. The Morgan fingerprint density at radius 2 is 1.79 bits per heavy atom. The van der Waals surface area contributed by atoms with E-state index in [1.54, 1.807) is 0 Å². The van der Waals surface area contributed by atoms with Crippen molar-refractivity contribution in [3.05, 3.63) is 29.3 Å². The van der Waals surface area contributed by atoms with Gasteiger partial charge in [0.25, 0.3) is 0 Å². The van der Waals surface area contributed by atoms with Crippen molar-refractivity contribution in [2.24, 2.45) is 0 Å². The summed E-state index contributed by atoms with van der Waals surface area (Å²) >= 11 is 0. The van der Waals surface area contributed by atoms with Crippen LogP contribution >= 0.6 is 0 Å². The zero-order valence-corrected chi connectivity index (χ0v) is 12.7. The van der Waals surface area contributed by atoms with Crippen molar-refractivity contribution in [2.75, 3.05) is 13.4 Å². The van der Waals surface area contributed by atoms with Gasteiger partial charge in [0.2, 0.25) is 0 Å². The lowest BCUT2D eigenvalue weighted by molar-refractivity contribution is 0.0130. The molecular formula is C17H28O2. The minimum absolute atomic E-state index is 0.367. The number of unbranched alkanes of at least 4 members (excludes halogenated alkanes) is 3. The Bertz CT molecular complexity index is 347. The van der Waals surface area contributed by atoms with Gasteiger partial charge in [-0.3, -0.25) is 0 Å². The van der Waals surface area contributed by atoms with E-state index in [0.29, 0.717) is 6.79 Å². The first-order chi connectivity index (χ1) is 9.33. The number of benzene rings is 1. The van der Waals surface area contributed by atoms with Gasteiger partial charge in [0.05, 0.1) is 6.61 Å². The van der Waals surface area contributed by atoms with Crippen LogP contribution in [0.15, 0.2) is 18.2 Å². The second-order valence-electron chi connectivity index (χ2n) is 4.83. The van der Waals surface area contributed by atoms with Gasteiger partial charge in [-0.15, -0.1) is 0 Å². The van der Waals surface area contributed by atoms with Crippen LogP contribution in [0.5, 0.6) is 5.75 Å². The molecule has 19 heavy (non-hydrogen) atoms. The van der Waals surface area contributed by atoms with Crippen molar-refractivity contribution in [1.29, 1.82) is 0 Å². The van der Waals surface area contributed by atoms with Gasteiger partial charge >= 0.3 is 0 Å². The van der Waals surface area contributed by atoms with E-state index >= 15 is 0 Å². The van der Waals surface area contributed by atoms with Crippen LogP contribution in [0.25, 0.3) is 0 Å². The number of hydrogen-bond donors (Lipinski definition) is 0. The van der Waals surface area contributed by atoms with E-state index in [-0.39, 0.29) is 0 Å². The van der Waals surface area contributed by atoms with Gasteiger partial charge in [0.1, 0.15) is 5.75 Å². The third-order valence-corrected chi connectivity index (χ3v) is 3.40. The van der Waals surface area contributed by atoms with E-state index in [2.05, 4.69) is 32.9 Å². The monoisotopic (exact) mass is 264 g/mol. The van der Waals surface area contributed by atoms with Crippen LogP contribution in [0.1, 0.15) is 57.6 Å². The lowest BCUT2D eigenvalue weighted by atomic mass is 10.0. The molecule has 0 N–H and O–H groups in total. The molecule has 0 saturated heterocycles. The molecule has 0 radical (unpaired) electrons. The molecule has 1 rings (SSSR count). The largest absolute Gasteiger partial charge is 0.467 e. The lowest BCUT2D eigenvalue weighted by Gasteiger charge is -2.13. The molecule has 0 aliphatic heterocycles. The fourth-order valence-corrected chi connectivity index (χ4v) is 2.27. The number of aryl methyl sites for hydroxylation is 1. The minimum atomic E-state index is 0.367. The van der Waals surface area contributed by atoms with Crippen LogP contribution in [0.2, 0.25) is 0 Å². The molecule has 0 amide bonds.